The summed E-state index contributed by atoms with van der Waals surface area (Å²) in [6.45, 7) is 2.87. The second kappa shape index (κ2) is 5.12. The summed E-state index contributed by atoms with van der Waals surface area (Å²) in [5.74, 6) is 0.678. The van der Waals surface area contributed by atoms with E-state index in [2.05, 4.69) is 5.32 Å². The molecule has 0 bridgehead atoms. The molecule has 0 aromatic heterocycles. The third-order valence-electron chi connectivity index (χ3n) is 3.07. The molecular weight excluding hydrogens is 240 g/mol. The molecule has 0 unspecified atom stereocenters. The Hall–Kier alpha value is -0.970. The molecule has 1 saturated heterocycles. The molecule has 17 heavy (non-hydrogen) atoms. The van der Waals surface area contributed by atoms with Crippen LogP contribution in [0.2, 0.25) is 5.02 Å². The van der Waals surface area contributed by atoms with Gasteiger partial charge in [0, 0.05) is 24.2 Å². The highest BCUT2D eigenvalue weighted by atomic mass is 35.5. The minimum absolute atomic E-state index is 0.0758. The highest BCUT2D eigenvalue weighted by Crippen LogP contribution is 2.30. The van der Waals surface area contributed by atoms with E-state index in [1.807, 2.05) is 18.2 Å². The van der Waals surface area contributed by atoms with Crippen molar-refractivity contribution in [3.05, 3.63) is 23.2 Å². The molecule has 1 aromatic rings. The van der Waals surface area contributed by atoms with Crippen molar-refractivity contribution in [1.29, 1.82) is 0 Å². The molecule has 1 heterocycles. The highest BCUT2D eigenvalue weighted by molar-refractivity contribution is 6.32. The zero-order valence-corrected chi connectivity index (χ0v) is 10.6. The lowest BCUT2D eigenvalue weighted by atomic mass is 9.86. The SMILES string of the molecule is COc1ccc(NCC2(CN)COC2)cc1Cl. The topological polar surface area (TPSA) is 56.5 Å². The Labute approximate surface area is 106 Å². The number of nitrogens with two attached hydrogens (primary N) is 1. The van der Waals surface area contributed by atoms with Gasteiger partial charge in [-0.25, -0.2) is 0 Å². The van der Waals surface area contributed by atoms with Gasteiger partial charge in [-0.05, 0) is 18.2 Å². The predicted octanol–water partition coefficient (Wildman–Crippen LogP) is 1.74. The summed E-state index contributed by atoms with van der Waals surface area (Å²) >= 11 is 6.05. The number of methoxy groups -OCH3 is 1. The number of ether oxygens (including phenoxy) is 2. The van der Waals surface area contributed by atoms with E-state index in [4.69, 9.17) is 26.8 Å². The molecular formula is C12H17ClN2O2. The van der Waals surface area contributed by atoms with E-state index in [0.717, 1.165) is 25.4 Å². The summed E-state index contributed by atoms with van der Waals surface area (Å²) in [6.07, 6.45) is 0. The van der Waals surface area contributed by atoms with Crippen molar-refractivity contribution in [2.75, 3.05) is 38.7 Å². The zero-order valence-electron chi connectivity index (χ0n) is 9.83. The van der Waals surface area contributed by atoms with Crippen LogP contribution in [0.5, 0.6) is 5.75 Å². The molecule has 0 radical (unpaired) electrons. The summed E-state index contributed by atoms with van der Waals surface area (Å²) in [5.41, 5.74) is 6.79. The van der Waals surface area contributed by atoms with Crippen LogP contribution in [0.4, 0.5) is 5.69 Å². The van der Waals surface area contributed by atoms with Crippen LogP contribution in [0.25, 0.3) is 0 Å². The molecule has 1 aliphatic rings. The number of hydrogen-bond donors (Lipinski definition) is 2. The number of halogens is 1. The smallest absolute Gasteiger partial charge is 0.137 e. The average molecular weight is 257 g/mol. The normalized spacial score (nSPS) is 17.4. The molecule has 0 spiro atoms. The molecule has 4 nitrogen and oxygen atoms in total. The van der Waals surface area contributed by atoms with Crippen LogP contribution in [0.3, 0.4) is 0 Å². The summed E-state index contributed by atoms with van der Waals surface area (Å²) in [6, 6.07) is 5.63. The monoisotopic (exact) mass is 256 g/mol. The van der Waals surface area contributed by atoms with Crippen LogP contribution in [0, 0.1) is 5.41 Å². The maximum Gasteiger partial charge on any atom is 0.137 e. The number of nitrogens with one attached hydrogen (secondary N) is 1. The first kappa shape index (κ1) is 12.5. The van der Waals surface area contributed by atoms with Crippen molar-refractivity contribution in [1.82, 2.24) is 0 Å². The summed E-state index contributed by atoms with van der Waals surface area (Å²) in [5, 5.41) is 3.93. The fourth-order valence-electron chi connectivity index (χ4n) is 1.75. The minimum Gasteiger partial charge on any atom is -0.495 e. The van der Waals surface area contributed by atoms with Gasteiger partial charge in [0.15, 0.2) is 0 Å². The fraction of sp³-hybridized carbons (Fsp3) is 0.500. The van der Waals surface area contributed by atoms with Crippen molar-refractivity contribution in [3.63, 3.8) is 0 Å². The Morgan fingerprint density at radius 3 is 2.76 bits per heavy atom. The molecule has 2 rings (SSSR count). The molecule has 94 valence electrons. The first-order chi connectivity index (χ1) is 8.19. The second-order valence-corrected chi connectivity index (χ2v) is 4.81. The summed E-state index contributed by atoms with van der Waals surface area (Å²) in [7, 11) is 1.60. The van der Waals surface area contributed by atoms with E-state index in [1.165, 1.54) is 0 Å². The first-order valence-electron chi connectivity index (χ1n) is 5.54. The van der Waals surface area contributed by atoms with Crippen molar-refractivity contribution in [2.45, 2.75) is 0 Å². The Morgan fingerprint density at radius 2 is 2.29 bits per heavy atom. The number of rotatable bonds is 5. The third-order valence-corrected chi connectivity index (χ3v) is 3.36. The molecule has 1 fully saturated rings. The minimum atomic E-state index is 0.0758. The van der Waals surface area contributed by atoms with Crippen LogP contribution >= 0.6 is 11.6 Å². The highest BCUT2D eigenvalue weighted by Gasteiger charge is 2.36. The third kappa shape index (κ3) is 2.65. The van der Waals surface area contributed by atoms with Gasteiger partial charge >= 0.3 is 0 Å². The number of hydrogen-bond acceptors (Lipinski definition) is 4. The Kier molecular flexibility index (Phi) is 3.76. The van der Waals surface area contributed by atoms with Gasteiger partial charge in [-0.1, -0.05) is 11.6 Å². The Balaban J connectivity index is 1.97. The van der Waals surface area contributed by atoms with Crippen LogP contribution in [0.15, 0.2) is 18.2 Å². The lowest BCUT2D eigenvalue weighted by Crippen LogP contribution is -2.52. The van der Waals surface area contributed by atoms with Gasteiger partial charge in [-0.2, -0.15) is 0 Å². The van der Waals surface area contributed by atoms with E-state index in [-0.39, 0.29) is 5.41 Å². The largest absolute Gasteiger partial charge is 0.495 e. The summed E-state index contributed by atoms with van der Waals surface area (Å²) < 4.78 is 10.3. The number of anilines is 1. The molecule has 3 N–H and O–H groups in total. The zero-order chi connectivity index (χ0) is 12.3. The predicted molar refractivity (Wildman–Crippen MR) is 68.8 cm³/mol. The summed E-state index contributed by atoms with van der Waals surface area (Å²) in [4.78, 5) is 0. The van der Waals surface area contributed by atoms with E-state index >= 15 is 0 Å². The van der Waals surface area contributed by atoms with Gasteiger partial charge in [0.25, 0.3) is 0 Å². The van der Waals surface area contributed by atoms with Gasteiger partial charge in [-0.3, -0.25) is 0 Å². The van der Waals surface area contributed by atoms with E-state index < -0.39 is 0 Å². The average Bonchev–Trinajstić information content (AvgIpc) is 2.28. The van der Waals surface area contributed by atoms with E-state index in [0.29, 0.717) is 17.3 Å². The molecule has 0 amide bonds. The van der Waals surface area contributed by atoms with Crippen molar-refractivity contribution < 1.29 is 9.47 Å². The van der Waals surface area contributed by atoms with Crippen molar-refractivity contribution >= 4 is 17.3 Å². The van der Waals surface area contributed by atoms with Crippen LogP contribution in [-0.4, -0.2) is 33.4 Å². The van der Waals surface area contributed by atoms with Crippen molar-refractivity contribution in [3.8, 4) is 5.75 Å². The van der Waals surface area contributed by atoms with Crippen LogP contribution in [0.1, 0.15) is 0 Å². The fourth-order valence-corrected chi connectivity index (χ4v) is 2.01. The Morgan fingerprint density at radius 1 is 1.53 bits per heavy atom. The van der Waals surface area contributed by atoms with Gasteiger partial charge in [0.05, 0.1) is 25.3 Å². The molecule has 0 saturated carbocycles. The second-order valence-electron chi connectivity index (χ2n) is 4.40. The quantitative estimate of drug-likeness (QED) is 0.843. The lowest BCUT2D eigenvalue weighted by molar-refractivity contribution is -0.0979. The standard InChI is InChI=1S/C12H17ClN2O2/c1-16-11-3-2-9(4-10(11)13)15-6-12(5-14)7-17-8-12/h2-4,15H,5-8,14H2,1H3. The lowest BCUT2D eigenvalue weighted by Gasteiger charge is -2.40. The van der Waals surface area contributed by atoms with Gasteiger partial charge in [0.1, 0.15) is 5.75 Å². The molecule has 0 atom stereocenters. The van der Waals surface area contributed by atoms with Crippen molar-refractivity contribution in [2.24, 2.45) is 11.1 Å². The maximum atomic E-state index is 6.05. The number of benzene rings is 1. The van der Waals surface area contributed by atoms with Gasteiger partial charge in [0.2, 0.25) is 0 Å². The van der Waals surface area contributed by atoms with Gasteiger partial charge < -0.3 is 20.5 Å². The molecule has 0 aliphatic carbocycles. The molecule has 5 heteroatoms. The van der Waals surface area contributed by atoms with E-state index in [9.17, 15) is 0 Å². The Bertz CT molecular complexity index is 389. The maximum absolute atomic E-state index is 6.05. The van der Waals surface area contributed by atoms with Crippen LogP contribution in [-0.2, 0) is 4.74 Å². The molecule has 1 aromatic carbocycles. The van der Waals surface area contributed by atoms with E-state index in [1.54, 1.807) is 7.11 Å². The van der Waals surface area contributed by atoms with Gasteiger partial charge in [-0.15, -0.1) is 0 Å². The molecule has 1 aliphatic heterocycles. The first-order valence-corrected chi connectivity index (χ1v) is 5.92. The van der Waals surface area contributed by atoms with Crippen LogP contribution < -0.4 is 15.8 Å².